The summed E-state index contributed by atoms with van der Waals surface area (Å²) in [5.41, 5.74) is 6.55. The van der Waals surface area contributed by atoms with Gasteiger partial charge in [-0.2, -0.15) is 0 Å². The van der Waals surface area contributed by atoms with Crippen LogP contribution in [0.2, 0.25) is 54.4 Å². The van der Waals surface area contributed by atoms with Gasteiger partial charge in [-0.05, 0) is 67.2 Å². The molecule has 0 spiro atoms. The first-order valence-corrected chi connectivity index (χ1v) is 23.5. The van der Waals surface area contributed by atoms with E-state index in [1.165, 1.54) is 0 Å². The van der Waals surface area contributed by atoms with Crippen molar-refractivity contribution in [3.8, 4) is 0 Å². The van der Waals surface area contributed by atoms with E-state index in [1.54, 1.807) is 0 Å². The van der Waals surface area contributed by atoms with Crippen molar-refractivity contribution in [2.24, 2.45) is 5.73 Å². The van der Waals surface area contributed by atoms with E-state index >= 15 is 0 Å². The highest BCUT2D eigenvalue weighted by Crippen LogP contribution is 2.40. The average molecular weight is 608 g/mol. The van der Waals surface area contributed by atoms with Gasteiger partial charge >= 0.3 is 5.97 Å². The lowest BCUT2D eigenvalue weighted by atomic mass is 10.0. The SMILES string of the molecule is CCC(O[Si](C)(C)C(C)(C)C)C(OC(CCO[Si](C)(C)C(C)(C)C)CO[Si](C)(C)C(C)(C)C)[C@@H](N)CC(=O)O. The third kappa shape index (κ3) is 12.4. The first-order chi connectivity index (χ1) is 17.2. The molecule has 0 heterocycles. The molecule has 0 saturated heterocycles. The molecule has 0 aliphatic heterocycles. The van der Waals surface area contributed by atoms with Crippen LogP contribution in [0.3, 0.4) is 0 Å². The molecule has 0 aliphatic rings. The van der Waals surface area contributed by atoms with Gasteiger partial charge < -0.3 is 28.9 Å². The van der Waals surface area contributed by atoms with Crippen molar-refractivity contribution < 1.29 is 27.9 Å². The summed E-state index contributed by atoms with van der Waals surface area (Å²) >= 11 is 0. The number of carbonyl (C=O) groups is 1. The van der Waals surface area contributed by atoms with Gasteiger partial charge in [0.1, 0.15) is 0 Å². The lowest BCUT2D eigenvalue weighted by Crippen LogP contribution is -2.54. The first kappa shape index (κ1) is 38.9. The Balaban J connectivity index is 6.19. The average Bonchev–Trinajstić information content (AvgIpc) is 2.70. The molecule has 0 bridgehead atoms. The van der Waals surface area contributed by atoms with E-state index in [2.05, 4.69) is 109 Å². The Kier molecular flexibility index (Phi) is 14.4. The molecule has 0 aromatic heterocycles. The maximum Gasteiger partial charge on any atom is 0.305 e. The predicted octanol–water partition coefficient (Wildman–Crippen LogP) is 7.78. The summed E-state index contributed by atoms with van der Waals surface area (Å²) in [7, 11) is -6.13. The minimum atomic E-state index is -2.16. The topological polar surface area (TPSA) is 100 Å². The van der Waals surface area contributed by atoms with Gasteiger partial charge in [-0.1, -0.05) is 69.2 Å². The Morgan fingerprint density at radius 3 is 1.62 bits per heavy atom. The van der Waals surface area contributed by atoms with E-state index in [9.17, 15) is 9.90 Å². The van der Waals surface area contributed by atoms with E-state index in [-0.39, 0.29) is 33.7 Å². The molecule has 0 radical (unpaired) electrons. The maximum atomic E-state index is 11.7. The van der Waals surface area contributed by atoms with Gasteiger partial charge in [-0.15, -0.1) is 0 Å². The van der Waals surface area contributed by atoms with Gasteiger partial charge in [0.25, 0.3) is 0 Å². The number of hydrogen-bond donors (Lipinski definition) is 2. The van der Waals surface area contributed by atoms with Crippen LogP contribution in [-0.4, -0.2) is 73.6 Å². The van der Waals surface area contributed by atoms with Crippen molar-refractivity contribution in [3.05, 3.63) is 0 Å². The summed E-state index contributed by atoms with van der Waals surface area (Å²) in [5.74, 6) is -0.936. The van der Waals surface area contributed by atoms with E-state index in [1.807, 2.05) is 0 Å². The summed E-state index contributed by atoms with van der Waals surface area (Å²) in [6.45, 7) is 36.4. The molecule has 0 aliphatic carbocycles. The highest BCUT2D eigenvalue weighted by molar-refractivity contribution is 6.74. The smallest absolute Gasteiger partial charge is 0.305 e. The van der Waals surface area contributed by atoms with Crippen LogP contribution in [0.15, 0.2) is 0 Å². The molecule has 7 nitrogen and oxygen atoms in total. The first-order valence-electron chi connectivity index (χ1n) is 14.8. The molecule has 0 aromatic carbocycles. The minimum Gasteiger partial charge on any atom is -0.481 e. The predicted molar refractivity (Wildman–Crippen MR) is 172 cm³/mol. The van der Waals surface area contributed by atoms with Crippen LogP contribution in [-0.2, 0) is 22.8 Å². The quantitative estimate of drug-likeness (QED) is 0.173. The summed E-state index contributed by atoms with van der Waals surface area (Å²) < 4.78 is 26.7. The van der Waals surface area contributed by atoms with Crippen LogP contribution < -0.4 is 5.73 Å². The third-order valence-corrected chi connectivity index (χ3v) is 22.9. The van der Waals surface area contributed by atoms with Crippen LogP contribution in [0.1, 0.15) is 88.5 Å². The molecule has 0 amide bonds. The van der Waals surface area contributed by atoms with Crippen molar-refractivity contribution in [2.45, 2.75) is 167 Å². The van der Waals surface area contributed by atoms with Gasteiger partial charge in [-0.3, -0.25) is 4.79 Å². The molecule has 3 unspecified atom stereocenters. The van der Waals surface area contributed by atoms with Gasteiger partial charge in [0.05, 0.1) is 31.3 Å². The molecule has 0 saturated carbocycles. The van der Waals surface area contributed by atoms with Crippen LogP contribution in [0.5, 0.6) is 0 Å². The fraction of sp³-hybridized carbons (Fsp3) is 0.966. The molecule has 10 heteroatoms. The van der Waals surface area contributed by atoms with Crippen LogP contribution in [0, 0.1) is 0 Å². The van der Waals surface area contributed by atoms with Crippen molar-refractivity contribution in [1.82, 2.24) is 0 Å². The molecule has 0 aromatic rings. The number of carboxylic acid groups (broad SMARTS) is 1. The molecular formula is C29H65NO6Si3. The number of rotatable bonds is 16. The largest absolute Gasteiger partial charge is 0.481 e. The Morgan fingerprint density at radius 1 is 0.795 bits per heavy atom. The van der Waals surface area contributed by atoms with E-state index < -0.39 is 43.1 Å². The minimum absolute atomic E-state index is 0.00369. The number of aliphatic carboxylic acids is 1. The van der Waals surface area contributed by atoms with E-state index in [4.69, 9.17) is 23.7 Å². The molecule has 3 N–H and O–H groups in total. The maximum absolute atomic E-state index is 11.7. The summed E-state index contributed by atoms with van der Waals surface area (Å²) in [4.78, 5) is 11.7. The number of hydrogen-bond acceptors (Lipinski definition) is 6. The number of carboxylic acids is 1. The monoisotopic (exact) mass is 607 g/mol. The highest BCUT2D eigenvalue weighted by Gasteiger charge is 2.43. The Bertz CT molecular complexity index is 754. The van der Waals surface area contributed by atoms with E-state index in [0.717, 1.165) is 0 Å². The molecule has 4 atom stereocenters. The zero-order chi connectivity index (χ0) is 31.3. The summed E-state index contributed by atoms with van der Waals surface area (Å²) in [6, 6.07) is -0.700. The fourth-order valence-corrected chi connectivity index (χ4v) is 6.82. The van der Waals surface area contributed by atoms with Crippen LogP contribution in [0.4, 0.5) is 0 Å². The fourth-order valence-electron chi connectivity index (χ4n) is 3.31. The van der Waals surface area contributed by atoms with Gasteiger partial charge in [-0.25, -0.2) is 0 Å². The second-order valence-corrected chi connectivity index (χ2v) is 30.2. The third-order valence-electron chi connectivity index (χ3n) is 9.35. The van der Waals surface area contributed by atoms with Crippen LogP contribution >= 0.6 is 0 Å². The van der Waals surface area contributed by atoms with Gasteiger partial charge in [0, 0.05) is 12.6 Å². The van der Waals surface area contributed by atoms with Gasteiger partial charge in [0.2, 0.25) is 0 Å². The Morgan fingerprint density at radius 2 is 1.23 bits per heavy atom. The highest BCUT2D eigenvalue weighted by atomic mass is 28.4. The number of nitrogens with two attached hydrogens (primary N) is 1. The molecular weight excluding hydrogens is 543 g/mol. The second kappa shape index (κ2) is 14.4. The molecule has 0 rings (SSSR count). The Labute approximate surface area is 244 Å². The van der Waals surface area contributed by atoms with Crippen molar-refractivity contribution in [3.63, 3.8) is 0 Å². The number of ether oxygens (including phenoxy) is 1. The molecule has 0 fully saturated rings. The summed E-state index contributed by atoms with van der Waals surface area (Å²) in [5, 5.41) is 9.76. The van der Waals surface area contributed by atoms with Crippen LogP contribution in [0.25, 0.3) is 0 Å². The molecule has 39 heavy (non-hydrogen) atoms. The second-order valence-electron chi connectivity index (χ2n) is 15.8. The normalized spacial score (nSPS) is 17.6. The molecule has 234 valence electrons. The zero-order valence-electron chi connectivity index (χ0n) is 28.4. The van der Waals surface area contributed by atoms with Crippen molar-refractivity contribution >= 4 is 30.9 Å². The van der Waals surface area contributed by atoms with Crippen molar-refractivity contribution in [2.75, 3.05) is 13.2 Å². The lowest BCUT2D eigenvalue weighted by Gasteiger charge is -2.43. The van der Waals surface area contributed by atoms with E-state index in [0.29, 0.717) is 26.1 Å². The van der Waals surface area contributed by atoms with Gasteiger partial charge in [0.15, 0.2) is 25.0 Å². The zero-order valence-corrected chi connectivity index (χ0v) is 31.4. The van der Waals surface area contributed by atoms with Crippen molar-refractivity contribution in [1.29, 1.82) is 0 Å². The lowest BCUT2D eigenvalue weighted by molar-refractivity contribution is -0.141. The Hall–Kier alpha value is -0.0794. The summed E-state index contributed by atoms with van der Waals surface area (Å²) in [6.07, 6.45) is -0.0172. The standard InChI is InChI=1S/C29H65NO6Si3/c1-17-24(36-39(15,16)29(8,9)10)26(23(30)20-25(31)32)35-22(21-34-38(13,14)28(5,6)7)18-19-33-37(11,12)27(2,3)4/h22-24,26H,17-21,30H2,1-16H3,(H,31,32)/t22?,23-,24?,26?/m0/s1.